The fourth-order valence-corrected chi connectivity index (χ4v) is 2.41. The molecule has 1 N–H and O–H groups in total. The molecule has 0 radical (unpaired) electrons. The number of benzene rings is 2. The second kappa shape index (κ2) is 7.32. The largest absolute Gasteiger partial charge is 0.480 e. The van der Waals surface area contributed by atoms with Gasteiger partial charge >= 0.3 is 0 Å². The summed E-state index contributed by atoms with van der Waals surface area (Å²) in [5.41, 5.74) is 5.25. The van der Waals surface area contributed by atoms with Crippen LogP contribution in [-0.4, -0.2) is 12.0 Å². The summed E-state index contributed by atoms with van der Waals surface area (Å²) >= 11 is 0. The molecular formula is C20H25NO2. The van der Waals surface area contributed by atoms with E-state index in [0.717, 1.165) is 33.7 Å². The van der Waals surface area contributed by atoms with E-state index in [9.17, 15) is 4.79 Å². The van der Waals surface area contributed by atoms with Gasteiger partial charge in [-0.25, -0.2) is 0 Å². The second-order valence-electron chi connectivity index (χ2n) is 6.02. The first-order valence-corrected chi connectivity index (χ1v) is 8.03. The lowest BCUT2D eigenvalue weighted by Gasteiger charge is -2.20. The zero-order valence-electron chi connectivity index (χ0n) is 14.6. The molecule has 0 saturated carbocycles. The number of amides is 1. The van der Waals surface area contributed by atoms with Crippen molar-refractivity contribution in [2.24, 2.45) is 0 Å². The van der Waals surface area contributed by atoms with Crippen molar-refractivity contribution in [3.8, 4) is 5.75 Å². The van der Waals surface area contributed by atoms with E-state index in [0.29, 0.717) is 6.42 Å². The van der Waals surface area contributed by atoms with Gasteiger partial charge in [0.2, 0.25) is 0 Å². The molecule has 0 heterocycles. The van der Waals surface area contributed by atoms with E-state index in [1.165, 1.54) is 0 Å². The van der Waals surface area contributed by atoms with Gasteiger partial charge in [-0.2, -0.15) is 0 Å². The first kappa shape index (κ1) is 17.1. The van der Waals surface area contributed by atoms with Gasteiger partial charge in [-0.15, -0.1) is 0 Å². The van der Waals surface area contributed by atoms with Crippen LogP contribution < -0.4 is 10.1 Å². The van der Waals surface area contributed by atoms with Gasteiger partial charge in [0.05, 0.1) is 0 Å². The van der Waals surface area contributed by atoms with Crippen molar-refractivity contribution in [2.75, 3.05) is 5.32 Å². The number of carbonyl (C=O) groups is 1. The van der Waals surface area contributed by atoms with Gasteiger partial charge in [0.1, 0.15) is 5.75 Å². The lowest BCUT2D eigenvalue weighted by molar-refractivity contribution is -0.122. The van der Waals surface area contributed by atoms with Gasteiger partial charge in [0, 0.05) is 5.69 Å². The third kappa shape index (κ3) is 4.13. The van der Waals surface area contributed by atoms with E-state index < -0.39 is 6.10 Å². The van der Waals surface area contributed by atoms with E-state index in [-0.39, 0.29) is 5.91 Å². The first-order chi connectivity index (χ1) is 10.9. The maximum atomic E-state index is 12.6. The number of ether oxygens (including phenoxy) is 1. The molecule has 0 aliphatic heterocycles. The number of hydrogen-bond acceptors (Lipinski definition) is 2. The predicted molar refractivity (Wildman–Crippen MR) is 95.2 cm³/mol. The van der Waals surface area contributed by atoms with Crippen LogP contribution in [0.4, 0.5) is 5.69 Å². The highest BCUT2D eigenvalue weighted by atomic mass is 16.5. The van der Waals surface area contributed by atoms with Crippen LogP contribution in [0.25, 0.3) is 0 Å². The maximum Gasteiger partial charge on any atom is 0.265 e. The Balaban J connectivity index is 2.15. The molecule has 0 bridgehead atoms. The summed E-state index contributed by atoms with van der Waals surface area (Å²) in [6.45, 7) is 10.0. The minimum absolute atomic E-state index is 0.109. The number of nitrogens with one attached hydrogen (secondary N) is 1. The van der Waals surface area contributed by atoms with Gasteiger partial charge < -0.3 is 10.1 Å². The molecule has 2 aromatic carbocycles. The molecule has 0 aliphatic rings. The predicted octanol–water partition coefficient (Wildman–Crippen LogP) is 4.72. The van der Waals surface area contributed by atoms with Crippen molar-refractivity contribution in [1.29, 1.82) is 0 Å². The summed E-state index contributed by atoms with van der Waals surface area (Å²) in [5, 5.41) is 2.99. The fourth-order valence-electron chi connectivity index (χ4n) is 2.41. The molecule has 1 amide bonds. The molecule has 3 nitrogen and oxygen atoms in total. The van der Waals surface area contributed by atoms with Gasteiger partial charge in [-0.1, -0.05) is 31.2 Å². The zero-order valence-corrected chi connectivity index (χ0v) is 14.6. The van der Waals surface area contributed by atoms with Crippen molar-refractivity contribution < 1.29 is 9.53 Å². The van der Waals surface area contributed by atoms with Gasteiger partial charge in [-0.3, -0.25) is 4.79 Å². The highest BCUT2D eigenvalue weighted by Gasteiger charge is 2.20. The van der Waals surface area contributed by atoms with Crippen molar-refractivity contribution in [2.45, 2.75) is 47.1 Å². The summed E-state index contributed by atoms with van der Waals surface area (Å²) in [6.07, 6.45) is 0.111. The third-order valence-corrected chi connectivity index (χ3v) is 4.14. The molecule has 0 saturated heterocycles. The molecule has 3 heteroatoms. The van der Waals surface area contributed by atoms with Crippen molar-refractivity contribution in [1.82, 2.24) is 0 Å². The van der Waals surface area contributed by atoms with E-state index in [2.05, 4.69) is 5.32 Å². The number of hydrogen-bond donors (Lipinski definition) is 1. The molecule has 122 valence electrons. The topological polar surface area (TPSA) is 38.3 Å². The summed E-state index contributed by atoms with van der Waals surface area (Å²) < 4.78 is 5.97. The average molecular weight is 311 g/mol. The molecule has 2 rings (SSSR count). The Kier molecular flexibility index (Phi) is 5.43. The molecule has 0 fully saturated rings. The van der Waals surface area contributed by atoms with Crippen LogP contribution in [0.15, 0.2) is 36.4 Å². The monoisotopic (exact) mass is 311 g/mol. The van der Waals surface area contributed by atoms with Crippen LogP contribution in [0.3, 0.4) is 0 Å². The van der Waals surface area contributed by atoms with Crippen LogP contribution in [0, 0.1) is 27.7 Å². The second-order valence-corrected chi connectivity index (χ2v) is 6.02. The molecule has 2 aromatic rings. The van der Waals surface area contributed by atoms with E-state index in [1.54, 1.807) is 0 Å². The lowest BCUT2D eigenvalue weighted by atomic mass is 10.1. The average Bonchev–Trinajstić information content (AvgIpc) is 2.52. The SMILES string of the molecule is CC[C@H](Oc1cc(C)ccc1C)C(=O)Nc1cccc(C)c1C. The highest BCUT2D eigenvalue weighted by Crippen LogP contribution is 2.23. The number of aryl methyl sites for hydroxylation is 3. The summed E-state index contributed by atoms with van der Waals surface area (Å²) in [4.78, 5) is 12.6. The number of carbonyl (C=O) groups excluding carboxylic acids is 1. The minimum Gasteiger partial charge on any atom is -0.480 e. The third-order valence-electron chi connectivity index (χ3n) is 4.14. The van der Waals surface area contributed by atoms with Crippen LogP contribution in [-0.2, 0) is 4.79 Å². The Hall–Kier alpha value is -2.29. The van der Waals surface area contributed by atoms with Crippen LogP contribution in [0.1, 0.15) is 35.6 Å². The minimum atomic E-state index is -0.504. The van der Waals surface area contributed by atoms with E-state index >= 15 is 0 Å². The maximum absolute atomic E-state index is 12.6. The lowest BCUT2D eigenvalue weighted by Crippen LogP contribution is -2.32. The van der Waals surface area contributed by atoms with Crippen LogP contribution in [0.2, 0.25) is 0 Å². The zero-order chi connectivity index (χ0) is 17.0. The molecule has 0 spiro atoms. The molecule has 0 aromatic heterocycles. The molecule has 0 unspecified atom stereocenters. The molecule has 23 heavy (non-hydrogen) atoms. The van der Waals surface area contributed by atoms with Crippen LogP contribution in [0.5, 0.6) is 5.75 Å². The fraction of sp³-hybridized carbons (Fsp3) is 0.350. The summed E-state index contributed by atoms with van der Waals surface area (Å²) in [5.74, 6) is 0.662. The Morgan fingerprint density at radius 2 is 1.83 bits per heavy atom. The number of rotatable bonds is 5. The van der Waals surface area contributed by atoms with Crippen molar-refractivity contribution >= 4 is 11.6 Å². The van der Waals surface area contributed by atoms with E-state index in [4.69, 9.17) is 4.74 Å². The molecule has 0 aliphatic carbocycles. The van der Waals surface area contributed by atoms with Crippen molar-refractivity contribution in [3.05, 3.63) is 58.7 Å². The Morgan fingerprint density at radius 3 is 2.52 bits per heavy atom. The molecule has 1 atom stereocenters. The Labute approximate surface area is 138 Å². The Morgan fingerprint density at radius 1 is 1.09 bits per heavy atom. The van der Waals surface area contributed by atoms with Gasteiger partial charge in [0.15, 0.2) is 6.10 Å². The molecular weight excluding hydrogens is 286 g/mol. The smallest absolute Gasteiger partial charge is 0.265 e. The quantitative estimate of drug-likeness (QED) is 0.868. The van der Waals surface area contributed by atoms with Crippen molar-refractivity contribution in [3.63, 3.8) is 0 Å². The highest BCUT2D eigenvalue weighted by molar-refractivity contribution is 5.95. The normalized spacial score (nSPS) is 11.9. The standard InChI is InChI=1S/C20H25NO2/c1-6-18(23-19-12-13(2)10-11-15(19)4)20(22)21-17-9-7-8-14(3)16(17)5/h7-12,18H,6H2,1-5H3,(H,21,22)/t18-/m0/s1. The van der Waals surface area contributed by atoms with Gasteiger partial charge in [-0.05, 0) is 68.5 Å². The summed E-state index contributed by atoms with van der Waals surface area (Å²) in [6, 6.07) is 11.9. The Bertz CT molecular complexity index is 707. The van der Waals surface area contributed by atoms with Gasteiger partial charge in [0.25, 0.3) is 5.91 Å². The van der Waals surface area contributed by atoms with E-state index in [1.807, 2.05) is 71.0 Å². The number of anilines is 1. The first-order valence-electron chi connectivity index (χ1n) is 8.03. The van der Waals surface area contributed by atoms with Crippen LogP contribution >= 0.6 is 0 Å². The summed E-state index contributed by atoms with van der Waals surface area (Å²) in [7, 11) is 0.